The van der Waals surface area contributed by atoms with Crippen LogP contribution in [0.1, 0.15) is 17.4 Å². The summed E-state index contributed by atoms with van der Waals surface area (Å²) in [4.78, 5) is 1.18. The summed E-state index contributed by atoms with van der Waals surface area (Å²) >= 11 is 1.69. The van der Waals surface area contributed by atoms with E-state index in [-0.39, 0.29) is 11.9 Å². The molecule has 21 heavy (non-hydrogen) atoms. The van der Waals surface area contributed by atoms with Gasteiger partial charge in [-0.2, -0.15) is 0 Å². The van der Waals surface area contributed by atoms with Crippen molar-refractivity contribution >= 4 is 22.7 Å². The number of benzene rings is 2. The normalized spacial score (nSPS) is 12.7. The topological polar surface area (TPSA) is 25.2 Å². The van der Waals surface area contributed by atoms with Gasteiger partial charge in [-0.3, -0.25) is 0 Å². The molecule has 3 rings (SSSR count). The first-order valence-corrected chi connectivity index (χ1v) is 7.95. The molecular formula is C17H16FNOS. The van der Waals surface area contributed by atoms with Crippen molar-refractivity contribution in [3.05, 3.63) is 65.7 Å². The number of furan rings is 1. The lowest BCUT2D eigenvalue weighted by atomic mass is 10.0. The number of halogens is 1. The van der Waals surface area contributed by atoms with Crippen LogP contribution in [0.15, 0.2) is 57.8 Å². The van der Waals surface area contributed by atoms with E-state index in [4.69, 9.17) is 4.42 Å². The van der Waals surface area contributed by atoms with Gasteiger partial charge in [0.05, 0.1) is 6.04 Å². The van der Waals surface area contributed by atoms with Gasteiger partial charge in [-0.05, 0) is 37.1 Å². The van der Waals surface area contributed by atoms with Crippen LogP contribution in [-0.4, -0.2) is 13.3 Å². The summed E-state index contributed by atoms with van der Waals surface area (Å²) in [6, 6.07) is 14.9. The molecule has 0 aliphatic heterocycles. The maximum absolute atomic E-state index is 13.8. The van der Waals surface area contributed by atoms with Gasteiger partial charge >= 0.3 is 0 Å². The van der Waals surface area contributed by atoms with E-state index in [0.29, 0.717) is 5.58 Å². The van der Waals surface area contributed by atoms with Crippen molar-refractivity contribution in [2.45, 2.75) is 10.9 Å². The molecule has 2 aromatic carbocycles. The summed E-state index contributed by atoms with van der Waals surface area (Å²) in [5, 5.41) is 4.04. The Hall–Kier alpha value is -1.78. The van der Waals surface area contributed by atoms with Crippen LogP contribution < -0.4 is 5.32 Å². The highest BCUT2D eigenvalue weighted by Gasteiger charge is 2.20. The lowest BCUT2D eigenvalue weighted by Crippen LogP contribution is -2.17. The van der Waals surface area contributed by atoms with Crippen molar-refractivity contribution in [3.63, 3.8) is 0 Å². The summed E-state index contributed by atoms with van der Waals surface area (Å²) in [7, 11) is 1.88. The van der Waals surface area contributed by atoms with Gasteiger partial charge in [0.1, 0.15) is 5.76 Å². The molecule has 0 aliphatic rings. The molecule has 0 bridgehead atoms. The predicted octanol–water partition coefficient (Wildman–Crippen LogP) is 4.60. The minimum atomic E-state index is -0.327. The highest BCUT2D eigenvalue weighted by Crippen LogP contribution is 2.33. The van der Waals surface area contributed by atoms with Crippen LogP contribution in [0, 0.1) is 5.82 Å². The number of nitrogens with one attached hydrogen (secondary N) is 1. The minimum absolute atomic E-state index is 0.0968. The zero-order valence-electron chi connectivity index (χ0n) is 11.9. The Morgan fingerprint density at radius 3 is 2.67 bits per heavy atom. The van der Waals surface area contributed by atoms with Crippen LogP contribution in [0.4, 0.5) is 4.39 Å². The fourth-order valence-electron chi connectivity index (χ4n) is 2.55. The van der Waals surface area contributed by atoms with E-state index in [2.05, 4.69) is 17.4 Å². The second-order valence-corrected chi connectivity index (χ2v) is 5.62. The SMILES string of the molecule is CNC(c1cc2cccc(F)c2o1)c1ccccc1SC. The van der Waals surface area contributed by atoms with E-state index in [0.717, 1.165) is 16.7 Å². The molecule has 0 radical (unpaired) electrons. The van der Waals surface area contributed by atoms with Gasteiger partial charge in [0.15, 0.2) is 11.4 Å². The molecule has 1 N–H and O–H groups in total. The lowest BCUT2D eigenvalue weighted by molar-refractivity contribution is 0.474. The van der Waals surface area contributed by atoms with Crippen molar-refractivity contribution in [2.24, 2.45) is 0 Å². The highest BCUT2D eigenvalue weighted by atomic mass is 32.2. The quantitative estimate of drug-likeness (QED) is 0.713. The molecule has 0 aliphatic carbocycles. The van der Waals surface area contributed by atoms with Crippen LogP contribution in [0.25, 0.3) is 11.0 Å². The third-order valence-corrected chi connectivity index (χ3v) is 4.35. The lowest BCUT2D eigenvalue weighted by Gasteiger charge is -2.17. The van der Waals surface area contributed by atoms with Crippen LogP contribution >= 0.6 is 11.8 Å². The second kappa shape index (κ2) is 5.92. The molecule has 108 valence electrons. The van der Waals surface area contributed by atoms with Gasteiger partial charge in [0, 0.05) is 10.3 Å². The molecule has 1 aromatic heterocycles. The molecule has 0 saturated carbocycles. The smallest absolute Gasteiger partial charge is 0.169 e. The molecule has 0 saturated heterocycles. The first-order chi connectivity index (χ1) is 10.2. The van der Waals surface area contributed by atoms with E-state index in [1.54, 1.807) is 17.8 Å². The van der Waals surface area contributed by atoms with E-state index in [1.807, 2.05) is 37.6 Å². The van der Waals surface area contributed by atoms with Crippen molar-refractivity contribution in [3.8, 4) is 0 Å². The maximum Gasteiger partial charge on any atom is 0.169 e. The first-order valence-electron chi connectivity index (χ1n) is 6.72. The zero-order chi connectivity index (χ0) is 14.8. The molecule has 1 atom stereocenters. The number of hydrogen-bond acceptors (Lipinski definition) is 3. The molecule has 3 aromatic rings. The zero-order valence-corrected chi connectivity index (χ0v) is 12.7. The van der Waals surface area contributed by atoms with Gasteiger partial charge in [-0.25, -0.2) is 4.39 Å². The Morgan fingerprint density at radius 2 is 1.95 bits per heavy atom. The van der Waals surface area contributed by atoms with Crippen LogP contribution in [-0.2, 0) is 0 Å². The Bertz CT molecular complexity index is 768. The third-order valence-electron chi connectivity index (χ3n) is 3.54. The monoisotopic (exact) mass is 301 g/mol. The summed E-state index contributed by atoms with van der Waals surface area (Å²) in [6.45, 7) is 0. The maximum atomic E-state index is 13.8. The third kappa shape index (κ3) is 2.57. The summed E-state index contributed by atoms with van der Waals surface area (Å²) in [5.74, 6) is 0.394. The van der Waals surface area contributed by atoms with E-state index in [9.17, 15) is 4.39 Å². The van der Waals surface area contributed by atoms with Crippen LogP contribution in [0.2, 0.25) is 0 Å². The molecule has 2 nitrogen and oxygen atoms in total. The standard InChI is InChI=1S/C17H16FNOS/c1-19-16(12-7-3-4-9-15(12)21-2)14-10-11-6-5-8-13(18)17(11)20-14/h3-10,16,19H,1-2H3. The van der Waals surface area contributed by atoms with Crippen molar-refractivity contribution < 1.29 is 8.81 Å². The molecule has 1 heterocycles. The van der Waals surface area contributed by atoms with Crippen molar-refractivity contribution in [1.29, 1.82) is 0 Å². The average molecular weight is 301 g/mol. The van der Waals surface area contributed by atoms with Crippen molar-refractivity contribution in [2.75, 3.05) is 13.3 Å². The number of hydrogen-bond donors (Lipinski definition) is 1. The summed E-state index contributed by atoms with van der Waals surface area (Å²) in [5.41, 5.74) is 1.45. The molecule has 0 amide bonds. The van der Waals surface area contributed by atoms with E-state index in [1.165, 1.54) is 11.0 Å². The number of rotatable bonds is 4. The van der Waals surface area contributed by atoms with Gasteiger partial charge < -0.3 is 9.73 Å². The summed E-state index contributed by atoms with van der Waals surface area (Å²) < 4.78 is 19.6. The number of fused-ring (bicyclic) bond motifs is 1. The number of para-hydroxylation sites is 1. The van der Waals surface area contributed by atoms with Crippen LogP contribution in [0.5, 0.6) is 0 Å². The van der Waals surface area contributed by atoms with Crippen LogP contribution in [0.3, 0.4) is 0 Å². The number of thioether (sulfide) groups is 1. The molecule has 0 fully saturated rings. The van der Waals surface area contributed by atoms with Gasteiger partial charge in [0.25, 0.3) is 0 Å². The van der Waals surface area contributed by atoms with Crippen molar-refractivity contribution in [1.82, 2.24) is 5.32 Å². The van der Waals surface area contributed by atoms with Gasteiger partial charge in [0.2, 0.25) is 0 Å². The van der Waals surface area contributed by atoms with E-state index >= 15 is 0 Å². The predicted molar refractivity (Wildman–Crippen MR) is 85.3 cm³/mol. The fourth-order valence-corrected chi connectivity index (χ4v) is 3.18. The highest BCUT2D eigenvalue weighted by molar-refractivity contribution is 7.98. The van der Waals surface area contributed by atoms with Gasteiger partial charge in [-0.1, -0.05) is 30.3 Å². The Labute approximate surface area is 127 Å². The minimum Gasteiger partial charge on any atom is -0.456 e. The Morgan fingerprint density at radius 1 is 1.14 bits per heavy atom. The second-order valence-electron chi connectivity index (χ2n) is 4.77. The van der Waals surface area contributed by atoms with Gasteiger partial charge in [-0.15, -0.1) is 11.8 Å². The Balaban J connectivity index is 2.12. The molecule has 0 spiro atoms. The first kappa shape index (κ1) is 14.2. The fraction of sp³-hybridized carbons (Fsp3) is 0.176. The Kier molecular flexibility index (Phi) is 3.99. The molecular weight excluding hydrogens is 285 g/mol. The largest absolute Gasteiger partial charge is 0.456 e. The average Bonchev–Trinajstić information content (AvgIpc) is 2.94. The van der Waals surface area contributed by atoms with E-state index < -0.39 is 0 Å². The summed E-state index contributed by atoms with van der Waals surface area (Å²) in [6.07, 6.45) is 2.05. The molecule has 1 unspecified atom stereocenters. The molecule has 4 heteroatoms.